The molecule has 0 spiro atoms. The van der Waals surface area contributed by atoms with Gasteiger partial charge in [-0.3, -0.25) is 4.98 Å². The molecule has 0 aliphatic carbocycles. The average Bonchev–Trinajstić information content (AvgIpc) is 3.23. The molecule has 0 bridgehead atoms. The number of aromatic nitrogens is 1. The molecule has 1 aliphatic rings. The van der Waals surface area contributed by atoms with Gasteiger partial charge in [-0.2, -0.15) is 0 Å². The lowest BCUT2D eigenvalue weighted by Gasteiger charge is -2.25. The molecule has 1 unspecified atom stereocenters. The number of benzene rings is 8. The summed E-state index contributed by atoms with van der Waals surface area (Å²) < 4.78 is 0. The molecule has 10 rings (SSSR count). The van der Waals surface area contributed by atoms with Gasteiger partial charge in [0.2, 0.25) is 0 Å². The van der Waals surface area contributed by atoms with Crippen LogP contribution >= 0.6 is 0 Å². The number of rotatable bonds is 5. The van der Waals surface area contributed by atoms with E-state index in [1.54, 1.807) is 0 Å². The van der Waals surface area contributed by atoms with E-state index in [9.17, 15) is 0 Å². The van der Waals surface area contributed by atoms with Gasteiger partial charge in [-0.1, -0.05) is 152 Å². The highest BCUT2D eigenvalue weighted by Gasteiger charge is 2.24. The molecule has 1 aliphatic heterocycles. The van der Waals surface area contributed by atoms with E-state index in [-0.39, 0.29) is 6.17 Å². The van der Waals surface area contributed by atoms with Crippen molar-refractivity contribution in [3.63, 3.8) is 0 Å². The van der Waals surface area contributed by atoms with Crippen molar-refractivity contribution in [2.75, 3.05) is 0 Å². The third-order valence-electron chi connectivity index (χ3n) is 10.2. The van der Waals surface area contributed by atoms with E-state index >= 15 is 0 Å². The van der Waals surface area contributed by atoms with Crippen molar-refractivity contribution in [2.24, 2.45) is 9.98 Å². The summed E-state index contributed by atoms with van der Waals surface area (Å²) in [6.45, 7) is 0. The van der Waals surface area contributed by atoms with Crippen molar-refractivity contribution in [1.82, 2.24) is 10.3 Å². The van der Waals surface area contributed by atoms with Gasteiger partial charge in [0.25, 0.3) is 0 Å². The van der Waals surface area contributed by atoms with Crippen LogP contribution in [0.15, 0.2) is 192 Å². The first-order valence-electron chi connectivity index (χ1n) is 17.6. The zero-order chi connectivity index (χ0) is 34.4. The third kappa shape index (κ3) is 5.21. The lowest BCUT2D eigenvalue weighted by molar-refractivity contribution is 0.680. The molecule has 1 aromatic heterocycles. The number of hydrogen-bond acceptors (Lipinski definition) is 4. The van der Waals surface area contributed by atoms with Crippen molar-refractivity contribution in [3.05, 3.63) is 199 Å². The van der Waals surface area contributed by atoms with E-state index in [0.29, 0.717) is 5.84 Å². The Hall–Kier alpha value is -6.91. The minimum Gasteiger partial charge on any atom is -0.344 e. The molecular formula is C48H32N4. The molecule has 4 nitrogen and oxygen atoms in total. The first-order valence-corrected chi connectivity index (χ1v) is 17.6. The van der Waals surface area contributed by atoms with Crippen LogP contribution in [0.1, 0.15) is 22.9 Å². The fourth-order valence-corrected chi connectivity index (χ4v) is 7.64. The Morgan fingerprint density at radius 1 is 0.442 bits per heavy atom. The van der Waals surface area contributed by atoms with Crippen LogP contribution in [-0.2, 0) is 0 Å². The number of amidine groups is 2. The summed E-state index contributed by atoms with van der Waals surface area (Å²) in [5.41, 5.74) is 8.72. The highest BCUT2D eigenvalue weighted by atomic mass is 15.2. The van der Waals surface area contributed by atoms with Crippen LogP contribution in [0, 0.1) is 0 Å². The SMILES string of the molecule is c1ccc(-c2ccc(C3=NC(c4ccc5ccccc5c4)=NC(c4cccc5c4ccc4ccc6ncccc6c45)N3)cc2-c2ccccc2)cc1. The summed E-state index contributed by atoms with van der Waals surface area (Å²) in [5.74, 6) is 1.48. The molecule has 9 aromatic rings. The zero-order valence-corrected chi connectivity index (χ0v) is 28.2. The van der Waals surface area contributed by atoms with E-state index in [0.717, 1.165) is 55.3 Å². The molecule has 244 valence electrons. The van der Waals surface area contributed by atoms with Gasteiger partial charge >= 0.3 is 0 Å². The van der Waals surface area contributed by atoms with Crippen LogP contribution in [0.5, 0.6) is 0 Å². The number of nitrogens with zero attached hydrogens (tertiary/aromatic N) is 3. The second-order valence-corrected chi connectivity index (χ2v) is 13.3. The second kappa shape index (κ2) is 12.4. The summed E-state index contributed by atoms with van der Waals surface area (Å²) in [6, 6.07) is 62.2. The molecular weight excluding hydrogens is 633 g/mol. The van der Waals surface area contributed by atoms with Gasteiger partial charge in [-0.15, -0.1) is 0 Å². The van der Waals surface area contributed by atoms with E-state index in [1.807, 2.05) is 12.3 Å². The first kappa shape index (κ1) is 30.0. The van der Waals surface area contributed by atoms with E-state index in [2.05, 4.69) is 180 Å². The van der Waals surface area contributed by atoms with E-state index in [4.69, 9.17) is 9.98 Å². The lowest BCUT2D eigenvalue weighted by Crippen LogP contribution is -2.33. The van der Waals surface area contributed by atoms with E-state index < -0.39 is 0 Å². The maximum absolute atomic E-state index is 5.35. The Morgan fingerprint density at radius 2 is 1.15 bits per heavy atom. The van der Waals surface area contributed by atoms with Gasteiger partial charge in [0, 0.05) is 28.3 Å². The molecule has 1 N–H and O–H groups in total. The Balaban J connectivity index is 1.17. The van der Waals surface area contributed by atoms with Crippen LogP contribution in [0.4, 0.5) is 0 Å². The van der Waals surface area contributed by atoms with E-state index in [1.165, 1.54) is 32.7 Å². The molecule has 0 amide bonds. The Labute approximate surface area is 301 Å². The number of nitrogens with one attached hydrogen (secondary N) is 1. The van der Waals surface area contributed by atoms with Gasteiger partial charge in [0.1, 0.15) is 12.0 Å². The monoisotopic (exact) mass is 664 g/mol. The highest BCUT2D eigenvalue weighted by molar-refractivity contribution is 6.20. The molecule has 1 atom stereocenters. The fraction of sp³-hybridized carbons (Fsp3) is 0.0208. The summed E-state index contributed by atoms with van der Waals surface area (Å²) in [5, 5.41) is 12.0. The number of hydrogen-bond donors (Lipinski definition) is 1. The maximum atomic E-state index is 5.35. The molecule has 2 heterocycles. The highest BCUT2D eigenvalue weighted by Crippen LogP contribution is 2.37. The standard InChI is InChI=1S/C48H32N4/c1-3-12-32(13-4-1)38-25-23-37(30-43(38)33-14-5-2-6-15-33)47-50-46(36-21-20-31-11-7-8-16-35(31)29-36)51-48(52-47)41-18-9-17-40-39(41)26-22-34-24-27-44-42(45(34)40)19-10-28-49-44/h1-30,48H,(H,50,51,52). The normalized spacial score (nSPS) is 14.3. The summed E-state index contributed by atoms with van der Waals surface area (Å²) in [7, 11) is 0. The van der Waals surface area contributed by atoms with Crippen molar-refractivity contribution in [1.29, 1.82) is 0 Å². The quantitative estimate of drug-likeness (QED) is 0.186. The predicted molar refractivity (Wildman–Crippen MR) is 217 cm³/mol. The van der Waals surface area contributed by atoms with Gasteiger partial charge in [0.15, 0.2) is 5.84 Å². The minimum atomic E-state index is -0.378. The Morgan fingerprint density at radius 3 is 2.00 bits per heavy atom. The molecule has 0 saturated carbocycles. The van der Waals surface area contributed by atoms with Crippen LogP contribution in [0.25, 0.3) is 65.5 Å². The number of pyridine rings is 1. The van der Waals surface area contributed by atoms with Gasteiger partial charge in [0.05, 0.1) is 5.52 Å². The number of aliphatic imine (C=N–C) groups is 2. The van der Waals surface area contributed by atoms with Crippen molar-refractivity contribution < 1.29 is 0 Å². The minimum absolute atomic E-state index is 0.378. The Bertz CT molecular complexity index is 2870. The third-order valence-corrected chi connectivity index (χ3v) is 10.2. The molecule has 0 saturated heterocycles. The molecule has 0 radical (unpaired) electrons. The lowest BCUT2D eigenvalue weighted by atomic mass is 9.92. The Kier molecular flexibility index (Phi) is 7.17. The topological polar surface area (TPSA) is 49.6 Å². The predicted octanol–water partition coefficient (Wildman–Crippen LogP) is 11.5. The van der Waals surface area contributed by atoms with Crippen LogP contribution in [-0.4, -0.2) is 16.7 Å². The maximum Gasteiger partial charge on any atom is 0.159 e. The first-order chi connectivity index (χ1) is 25.8. The van der Waals surface area contributed by atoms with Crippen molar-refractivity contribution in [3.8, 4) is 22.3 Å². The van der Waals surface area contributed by atoms with Gasteiger partial charge in [-0.05, 0) is 78.8 Å². The summed E-state index contributed by atoms with van der Waals surface area (Å²) >= 11 is 0. The summed E-state index contributed by atoms with van der Waals surface area (Å²) in [4.78, 5) is 15.3. The van der Waals surface area contributed by atoms with Crippen LogP contribution in [0.2, 0.25) is 0 Å². The molecule has 4 heteroatoms. The summed E-state index contributed by atoms with van der Waals surface area (Å²) in [6.07, 6.45) is 1.48. The average molecular weight is 665 g/mol. The molecule has 8 aromatic carbocycles. The second-order valence-electron chi connectivity index (χ2n) is 13.3. The number of fused-ring (bicyclic) bond motifs is 6. The van der Waals surface area contributed by atoms with Crippen molar-refractivity contribution in [2.45, 2.75) is 6.17 Å². The van der Waals surface area contributed by atoms with Gasteiger partial charge in [-0.25, -0.2) is 9.98 Å². The molecule has 0 fully saturated rings. The largest absolute Gasteiger partial charge is 0.344 e. The zero-order valence-electron chi connectivity index (χ0n) is 28.2. The van der Waals surface area contributed by atoms with Crippen molar-refractivity contribution >= 4 is 54.9 Å². The fourth-order valence-electron chi connectivity index (χ4n) is 7.64. The van der Waals surface area contributed by atoms with Crippen LogP contribution in [0.3, 0.4) is 0 Å². The van der Waals surface area contributed by atoms with Gasteiger partial charge < -0.3 is 5.32 Å². The van der Waals surface area contributed by atoms with Crippen LogP contribution < -0.4 is 5.32 Å². The molecule has 52 heavy (non-hydrogen) atoms. The smallest absolute Gasteiger partial charge is 0.159 e.